The summed E-state index contributed by atoms with van der Waals surface area (Å²) in [6.07, 6.45) is 0. The summed E-state index contributed by atoms with van der Waals surface area (Å²) in [5, 5.41) is 3.44. The molecule has 0 amide bonds. The van der Waals surface area contributed by atoms with Crippen LogP contribution in [0, 0.1) is 0 Å². The van der Waals surface area contributed by atoms with Crippen molar-refractivity contribution in [3.8, 4) is 11.5 Å². The maximum absolute atomic E-state index is 5.91. The summed E-state index contributed by atoms with van der Waals surface area (Å²) in [7, 11) is 1.70. The van der Waals surface area contributed by atoms with Gasteiger partial charge in [-0.05, 0) is 30.7 Å². The van der Waals surface area contributed by atoms with E-state index in [4.69, 9.17) is 9.47 Å². The summed E-state index contributed by atoms with van der Waals surface area (Å²) < 4.78 is 11.2. The summed E-state index contributed by atoms with van der Waals surface area (Å²) >= 11 is 0. The average Bonchev–Trinajstić information content (AvgIpc) is 2.65. The number of benzene rings is 2. The predicted octanol–water partition coefficient (Wildman–Crippen LogP) is 3.09. The summed E-state index contributed by atoms with van der Waals surface area (Å²) in [5.41, 5.74) is 2.50. The van der Waals surface area contributed by atoms with Gasteiger partial charge in [-0.2, -0.15) is 0 Å². The summed E-state index contributed by atoms with van der Waals surface area (Å²) in [4.78, 5) is 2.52. The van der Waals surface area contributed by atoms with Gasteiger partial charge in [0.1, 0.15) is 11.5 Å². The minimum atomic E-state index is 0.195. The van der Waals surface area contributed by atoms with Gasteiger partial charge in [0.2, 0.25) is 0 Å². The molecule has 0 aromatic heterocycles. The first-order chi connectivity index (χ1) is 11.8. The number of para-hydroxylation sites is 1. The first-order valence-corrected chi connectivity index (χ1v) is 8.64. The average molecular weight is 326 g/mol. The number of hydrogen-bond acceptors (Lipinski definition) is 4. The number of hydrogen-bond donors (Lipinski definition) is 1. The van der Waals surface area contributed by atoms with Crippen molar-refractivity contribution in [1.29, 1.82) is 0 Å². The summed E-state index contributed by atoms with van der Waals surface area (Å²) in [6, 6.07) is 17.0. The van der Waals surface area contributed by atoms with Crippen molar-refractivity contribution in [1.82, 2.24) is 10.2 Å². The molecule has 24 heavy (non-hydrogen) atoms. The Kier molecular flexibility index (Phi) is 5.72. The first-order valence-electron chi connectivity index (χ1n) is 8.64. The predicted molar refractivity (Wildman–Crippen MR) is 96.9 cm³/mol. The van der Waals surface area contributed by atoms with E-state index in [1.165, 1.54) is 11.1 Å². The van der Waals surface area contributed by atoms with E-state index in [0.717, 1.165) is 37.7 Å². The lowest BCUT2D eigenvalue weighted by Crippen LogP contribution is -2.45. The van der Waals surface area contributed by atoms with Crippen molar-refractivity contribution in [2.24, 2.45) is 0 Å². The number of nitrogens with one attached hydrogen (secondary N) is 1. The molecule has 0 spiro atoms. The summed E-state index contributed by atoms with van der Waals surface area (Å²) in [5.74, 6) is 1.86. The number of rotatable bonds is 6. The molecule has 4 heteroatoms. The molecule has 0 bridgehead atoms. The van der Waals surface area contributed by atoms with Crippen LogP contribution in [0.4, 0.5) is 0 Å². The molecule has 1 fully saturated rings. The van der Waals surface area contributed by atoms with Crippen LogP contribution in [0.3, 0.4) is 0 Å². The molecule has 1 aliphatic rings. The second-order valence-corrected chi connectivity index (χ2v) is 5.93. The van der Waals surface area contributed by atoms with E-state index in [9.17, 15) is 0 Å². The molecular formula is C20H26N2O2. The Morgan fingerprint density at radius 3 is 2.42 bits per heavy atom. The van der Waals surface area contributed by atoms with Crippen LogP contribution in [-0.4, -0.2) is 44.8 Å². The van der Waals surface area contributed by atoms with E-state index in [-0.39, 0.29) is 6.04 Å². The molecule has 3 rings (SSSR count). The zero-order chi connectivity index (χ0) is 16.8. The zero-order valence-corrected chi connectivity index (χ0v) is 14.5. The normalized spacial score (nSPS) is 16.6. The van der Waals surface area contributed by atoms with Gasteiger partial charge in [0.25, 0.3) is 0 Å². The Morgan fingerprint density at radius 1 is 1.04 bits per heavy atom. The fourth-order valence-corrected chi connectivity index (χ4v) is 3.31. The Morgan fingerprint density at radius 2 is 1.75 bits per heavy atom. The third-order valence-electron chi connectivity index (χ3n) is 4.46. The van der Waals surface area contributed by atoms with E-state index in [1.807, 2.05) is 25.1 Å². The third kappa shape index (κ3) is 3.71. The van der Waals surface area contributed by atoms with E-state index in [1.54, 1.807) is 7.11 Å². The quantitative estimate of drug-likeness (QED) is 0.884. The van der Waals surface area contributed by atoms with Gasteiger partial charge in [0.15, 0.2) is 0 Å². The lowest BCUT2D eigenvalue weighted by molar-refractivity contribution is 0.194. The Balaban J connectivity index is 2.01. The van der Waals surface area contributed by atoms with Gasteiger partial charge in [-0.15, -0.1) is 0 Å². The topological polar surface area (TPSA) is 33.7 Å². The van der Waals surface area contributed by atoms with Crippen molar-refractivity contribution < 1.29 is 9.47 Å². The second kappa shape index (κ2) is 8.18. The Bertz CT molecular complexity index is 636. The minimum Gasteiger partial charge on any atom is -0.497 e. The third-order valence-corrected chi connectivity index (χ3v) is 4.46. The second-order valence-electron chi connectivity index (χ2n) is 5.93. The molecule has 1 N–H and O–H groups in total. The molecular weight excluding hydrogens is 300 g/mol. The minimum absolute atomic E-state index is 0.195. The molecule has 0 saturated carbocycles. The van der Waals surface area contributed by atoms with Gasteiger partial charge in [0.05, 0.1) is 19.8 Å². The number of methoxy groups -OCH3 is 1. The molecule has 1 heterocycles. The maximum Gasteiger partial charge on any atom is 0.124 e. The fourth-order valence-electron chi connectivity index (χ4n) is 3.31. The Labute approximate surface area is 144 Å². The SMILES string of the molecule is CCOc1ccccc1C(c1ccc(OC)cc1)N1CCNCC1. The molecule has 1 atom stereocenters. The van der Waals surface area contributed by atoms with Crippen LogP contribution in [0.1, 0.15) is 24.1 Å². The van der Waals surface area contributed by atoms with E-state index in [2.05, 4.69) is 40.5 Å². The highest BCUT2D eigenvalue weighted by molar-refractivity contribution is 5.43. The molecule has 0 aliphatic carbocycles. The maximum atomic E-state index is 5.91. The highest BCUT2D eigenvalue weighted by Crippen LogP contribution is 2.35. The van der Waals surface area contributed by atoms with Crippen molar-refractivity contribution >= 4 is 0 Å². The molecule has 1 unspecified atom stereocenters. The van der Waals surface area contributed by atoms with Crippen LogP contribution in [0.25, 0.3) is 0 Å². The zero-order valence-electron chi connectivity index (χ0n) is 14.5. The summed E-state index contributed by atoms with van der Waals surface area (Å²) in [6.45, 7) is 6.79. The van der Waals surface area contributed by atoms with Crippen molar-refractivity contribution in [3.63, 3.8) is 0 Å². The van der Waals surface area contributed by atoms with Crippen LogP contribution in [0.15, 0.2) is 48.5 Å². The van der Waals surface area contributed by atoms with Gasteiger partial charge < -0.3 is 14.8 Å². The van der Waals surface area contributed by atoms with Crippen molar-refractivity contribution in [2.75, 3.05) is 39.9 Å². The van der Waals surface area contributed by atoms with Crippen LogP contribution in [0.5, 0.6) is 11.5 Å². The molecule has 4 nitrogen and oxygen atoms in total. The smallest absolute Gasteiger partial charge is 0.124 e. The first kappa shape index (κ1) is 16.8. The Hall–Kier alpha value is -2.04. The molecule has 1 saturated heterocycles. The molecule has 2 aromatic carbocycles. The van der Waals surface area contributed by atoms with Crippen LogP contribution in [0.2, 0.25) is 0 Å². The molecule has 128 valence electrons. The highest BCUT2D eigenvalue weighted by atomic mass is 16.5. The van der Waals surface area contributed by atoms with E-state index in [0.29, 0.717) is 6.61 Å². The number of nitrogens with zero attached hydrogens (tertiary/aromatic N) is 1. The molecule has 1 aliphatic heterocycles. The molecule has 0 radical (unpaired) electrons. The van der Waals surface area contributed by atoms with E-state index < -0.39 is 0 Å². The van der Waals surface area contributed by atoms with Gasteiger partial charge in [-0.25, -0.2) is 0 Å². The van der Waals surface area contributed by atoms with Crippen LogP contribution < -0.4 is 14.8 Å². The molecule has 2 aromatic rings. The largest absolute Gasteiger partial charge is 0.497 e. The highest BCUT2D eigenvalue weighted by Gasteiger charge is 2.26. The van der Waals surface area contributed by atoms with Crippen molar-refractivity contribution in [2.45, 2.75) is 13.0 Å². The van der Waals surface area contributed by atoms with Gasteiger partial charge in [0, 0.05) is 31.7 Å². The fraction of sp³-hybridized carbons (Fsp3) is 0.400. The lowest BCUT2D eigenvalue weighted by Gasteiger charge is -2.36. The standard InChI is InChI=1S/C20H26N2O2/c1-3-24-19-7-5-4-6-18(19)20(22-14-12-21-13-15-22)16-8-10-17(23-2)11-9-16/h4-11,20-21H,3,12-15H2,1-2H3. The monoisotopic (exact) mass is 326 g/mol. The van der Waals surface area contributed by atoms with Crippen LogP contribution in [-0.2, 0) is 0 Å². The van der Waals surface area contributed by atoms with Crippen molar-refractivity contribution in [3.05, 3.63) is 59.7 Å². The lowest BCUT2D eigenvalue weighted by atomic mass is 9.95. The number of ether oxygens (including phenoxy) is 2. The number of piperazine rings is 1. The van der Waals surface area contributed by atoms with Crippen LogP contribution >= 0.6 is 0 Å². The van der Waals surface area contributed by atoms with E-state index >= 15 is 0 Å². The van der Waals surface area contributed by atoms with Gasteiger partial charge in [-0.1, -0.05) is 30.3 Å². The van der Waals surface area contributed by atoms with Gasteiger partial charge in [-0.3, -0.25) is 4.90 Å². The van der Waals surface area contributed by atoms with Gasteiger partial charge >= 0.3 is 0 Å².